The van der Waals surface area contributed by atoms with Gasteiger partial charge in [-0.1, -0.05) is 112 Å². The van der Waals surface area contributed by atoms with Crippen molar-refractivity contribution in [2.75, 3.05) is 0 Å². The van der Waals surface area contributed by atoms with E-state index in [0.29, 0.717) is 12.2 Å². The van der Waals surface area contributed by atoms with Crippen LogP contribution in [0.5, 0.6) is 0 Å². The van der Waals surface area contributed by atoms with Crippen molar-refractivity contribution in [3.8, 4) is 30.6 Å². The Morgan fingerprint density at radius 1 is 0.544 bits per heavy atom. The largest absolute Gasteiger partial charge is 0.293 e. The van der Waals surface area contributed by atoms with E-state index in [1.165, 1.54) is 164 Å². The molecule has 0 aliphatic heterocycles. The van der Waals surface area contributed by atoms with Gasteiger partial charge in [-0.25, -0.2) is 0 Å². The van der Waals surface area contributed by atoms with Gasteiger partial charge in [-0.05, 0) is 87.4 Å². The maximum atomic E-state index is 13.5. The molecule has 2 atom stereocenters. The Bertz CT molecular complexity index is 2290. The summed E-state index contributed by atoms with van der Waals surface area (Å²) in [6, 6.07) is 17.0. The summed E-state index contributed by atoms with van der Waals surface area (Å²) in [6.45, 7) is 16.2. The maximum Gasteiger partial charge on any atom is 0.172 e. The molecule has 0 amide bonds. The molecule has 57 heavy (non-hydrogen) atoms. The van der Waals surface area contributed by atoms with Gasteiger partial charge in [-0.2, -0.15) is 0 Å². The molecular formula is C50H62OS6. The molecule has 0 aliphatic rings. The first-order valence-corrected chi connectivity index (χ1v) is 26.9. The maximum absolute atomic E-state index is 13.5. The van der Waals surface area contributed by atoms with Crippen LogP contribution in [0.4, 0.5) is 0 Å². The molecule has 0 bridgehead atoms. The summed E-state index contributed by atoms with van der Waals surface area (Å²) in [4.78, 5) is 25.7. The van der Waals surface area contributed by atoms with Gasteiger partial charge < -0.3 is 0 Å². The molecule has 0 N–H and O–H groups in total. The van der Waals surface area contributed by atoms with Crippen molar-refractivity contribution >= 4 is 104 Å². The highest BCUT2D eigenvalue weighted by Crippen LogP contribution is 2.55. The summed E-state index contributed by atoms with van der Waals surface area (Å²) in [5, 5.41) is 4.09. The minimum Gasteiger partial charge on any atom is -0.293 e. The fourth-order valence-corrected chi connectivity index (χ4v) is 16.1. The zero-order chi connectivity index (χ0) is 40.1. The molecule has 7 aromatic rings. The Morgan fingerprint density at radius 3 is 1.72 bits per heavy atom. The van der Waals surface area contributed by atoms with Crippen LogP contribution >= 0.6 is 68.0 Å². The van der Waals surface area contributed by atoms with Crippen LogP contribution in [0.1, 0.15) is 154 Å². The minimum absolute atomic E-state index is 0.321. The van der Waals surface area contributed by atoms with Crippen LogP contribution < -0.4 is 0 Å². The van der Waals surface area contributed by atoms with Crippen molar-refractivity contribution in [3.63, 3.8) is 0 Å². The third-order valence-corrected chi connectivity index (χ3v) is 19.1. The van der Waals surface area contributed by atoms with E-state index in [9.17, 15) is 4.79 Å². The molecule has 1 nitrogen and oxygen atoms in total. The van der Waals surface area contributed by atoms with E-state index in [0.717, 1.165) is 29.6 Å². The molecule has 304 valence electrons. The monoisotopic (exact) mass is 870 g/mol. The molecule has 6 aromatic heterocycles. The Kier molecular flexibility index (Phi) is 15.0. The van der Waals surface area contributed by atoms with Gasteiger partial charge in [0.15, 0.2) is 5.78 Å². The number of hydrogen-bond acceptors (Lipinski definition) is 7. The number of carbonyl (C=O) groups excluding carboxylic acids is 1. The van der Waals surface area contributed by atoms with E-state index in [1.54, 1.807) is 11.3 Å². The average molecular weight is 871 g/mol. The second-order valence-electron chi connectivity index (χ2n) is 16.4. The molecule has 0 spiro atoms. The summed E-state index contributed by atoms with van der Waals surface area (Å²) in [6.07, 6.45) is 19.2. The Labute approximate surface area is 366 Å². The molecule has 6 heterocycles. The van der Waals surface area contributed by atoms with Gasteiger partial charge in [-0.3, -0.25) is 4.79 Å². The van der Waals surface area contributed by atoms with Gasteiger partial charge in [0.1, 0.15) is 0 Å². The summed E-state index contributed by atoms with van der Waals surface area (Å²) < 4.78 is 4.15. The zero-order valence-corrected chi connectivity index (χ0v) is 40.3. The Morgan fingerprint density at radius 2 is 1.12 bits per heavy atom. The summed E-state index contributed by atoms with van der Waals surface area (Å²) >= 11 is 11.7. The smallest absolute Gasteiger partial charge is 0.172 e. The van der Waals surface area contributed by atoms with Crippen LogP contribution in [0.15, 0.2) is 42.5 Å². The van der Waals surface area contributed by atoms with Gasteiger partial charge in [0.05, 0.1) is 14.5 Å². The number of carbonyl (C=O) groups is 1. The van der Waals surface area contributed by atoms with E-state index in [1.807, 2.05) is 56.7 Å². The lowest BCUT2D eigenvalue weighted by Gasteiger charge is -2.13. The predicted octanol–water partition coefficient (Wildman–Crippen LogP) is 19.2. The number of thiophene rings is 6. The van der Waals surface area contributed by atoms with Gasteiger partial charge in [0.2, 0.25) is 0 Å². The van der Waals surface area contributed by atoms with Crippen molar-refractivity contribution in [2.45, 2.75) is 151 Å². The fraction of sp³-hybridized carbons (Fsp3) is 0.500. The first kappa shape index (κ1) is 43.0. The fourth-order valence-electron chi connectivity index (χ4n) is 8.58. The van der Waals surface area contributed by atoms with Crippen molar-refractivity contribution < 1.29 is 4.79 Å². The summed E-state index contributed by atoms with van der Waals surface area (Å²) in [5.41, 5.74) is 2.86. The van der Waals surface area contributed by atoms with Crippen LogP contribution in [-0.2, 0) is 12.8 Å². The van der Waals surface area contributed by atoms with Gasteiger partial charge in [-0.15, -0.1) is 68.0 Å². The summed E-state index contributed by atoms with van der Waals surface area (Å²) in [5.74, 6) is 1.83. The van der Waals surface area contributed by atoms with Crippen LogP contribution in [0.2, 0.25) is 0 Å². The predicted molar refractivity (Wildman–Crippen MR) is 264 cm³/mol. The topological polar surface area (TPSA) is 17.1 Å². The lowest BCUT2D eigenvalue weighted by atomic mass is 9.95. The van der Waals surface area contributed by atoms with Gasteiger partial charge >= 0.3 is 0 Å². The van der Waals surface area contributed by atoms with Gasteiger partial charge in [0.25, 0.3) is 0 Å². The van der Waals surface area contributed by atoms with Crippen LogP contribution in [0.25, 0.3) is 60.9 Å². The van der Waals surface area contributed by atoms with E-state index in [-0.39, 0.29) is 0 Å². The second-order valence-corrected chi connectivity index (χ2v) is 23.3. The average Bonchev–Trinajstić information content (AvgIpc) is 4.07. The molecule has 7 heteroatoms. The van der Waals surface area contributed by atoms with Crippen LogP contribution in [-0.4, -0.2) is 5.78 Å². The third kappa shape index (κ3) is 9.60. The molecule has 0 fully saturated rings. The van der Waals surface area contributed by atoms with Crippen molar-refractivity contribution in [3.05, 3.63) is 66.9 Å². The molecule has 0 radical (unpaired) electrons. The number of Topliss-reactive ketones (excluding diaryl/α,β-unsaturated/α-hetero) is 1. The highest BCUT2D eigenvalue weighted by atomic mass is 32.1. The zero-order valence-electron chi connectivity index (χ0n) is 35.4. The van der Waals surface area contributed by atoms with E-state index >= 15 is 0 Å². The van der Waals surface area contributed by atoms with Crippen molar-refractivity contribution in [1.29, 1.82) is 0 Å². The van der Waals surface area contributed by atoms with Gasteiger partial charge in [0, 0.05) is 77.2 Å². The highest BCUT2D eigenvalue weighted by molar-refractivity contribution is 7.32. The quantitative estimate of drug-likeness (QED) is 0.0490. The van der Waals surface area contributed by atoms with E-state index in [4.69, 9.17) is 0 Å². The van der Waals surface area contributed by atoms with Crippen LogP contribution in [0, 0.1) is 25.7 Å². The lowest BCUT2D eigenvalue weighted by molar-refractivity contribution is 0.0983. The minimum atomic E-state index is 0.321. The molecular weight excluding hydrogens is 809 g/mol. The number of benzene rings is 1. The van der Waals surface area contributed by atoms with E-state index in [2.05, 4.69) is 90.9 Å². The third-order valence-electron chi connectivity index (χ3n) is 12.0. The van der Waals surface area contributed by atoms with Crippen molar-refractivity contribution in [2.24, 2.45) is 11.8 Å². The number of fused-ring (bicyclic) bond motifs is 3. The first-order valence-electron chi connectivity index (χ1n) is 22.0. The van der Waals surface area contributed by atoms with Crippen LogP contribution in [0.3, 0.4) is 0 Å². The summed E-state index contributed by atoms with van der Waals surface area (Å²) in [7, 11) is 0. The number of ketones is 1. The number of unbranched alkanes of at least 4 members (excludes halogenated alkanes) is 6. The number of hydrogen-bond donors (Lipinski definition) is 0. The molecule has 7 rings (SSSR count). The van der Waals surface area contributed by atoms with E-state index < -0.39 is 0 Å². The second kappa shape index (κ2) is 20.0. The molecule has 2 unspecified atom stereocenters. The molecule has 0 saturated heterocycles. The molecule has 0 saturated carbocycles. The first-order chi connectivity index (χ1) is 27.8. The normalized spacial score (nSPS) is 13.2. The standard InChI is InChI=1S/C50H62OS6/c1-8-13-16-17-18-21-40(51)43-29-37-32(7)53-50(49(37)56-43)44-30-39-46(42-25-23-36(55-42)28-34(12-5)20-15-10-3)47-38(26-31(6)52-47)45(48(39)57-44)41-24-22-35(54-41)27-33(11-4)19-14-9-2/h22-26,29-30,33-34H,8-21,27-28H2,1-7H3. The Balaban J connectivity index is 1.35. The Hall–Kier alpha value is -2.13. The SMILES string of the molecule is CCCCCCCC(=O)c1cc2c(C)sc(-c3cc4c(-c5ccc(CC(CC)CCCC)s5)c5sc(C)cc5c(-c5ccc(CC(CC)CCCC)s5)c4s3)c2s1. The molecule has 1 aromatic carbocycles. The number of aryl methyl sites for hydroxylation is 2. The molecule has 0 aliphatic carbocycles. The highest BCUT2D eigenvalue weighted by Gasteiger charge is 2.26. The number of rotatable bonds is 22. The van der Waals surface area contributed by atoms with Crippen molar-refractivity contribution in [1.82, 2.24) is 0 Å². The lowest BCUT2D eigenvalue weighted by Crippen LogP contribution is -2.01.